The second kappa shape index (κ2) is 3.20. The first-order valence-corrected chi connectivity index (χ1v) is 3.37. The molecule has 4 heteroatoms. The molecule has 0 spiro atoms. The van der Waals surface area contributed by atoms with Crippen LogP contribution in [0.1, 0.15) is 12.8 Å². The van der Waals surface area contributed by atoms with E-state index in [1.165, 1.54) is 19.2 Å². The molecule has 1 rings (SSSR count). The minimum absolute atomic E-state index is 0.619. The molecule has 56 valence electrons. The number of urea groups is 1. The zero-order chi connectivity index (χ0) is 7.40. The summed E-state index contributed by atoms with van der Waals surface area (Å²) >= 11 is 0. The Morgan fingerprint density at radius 1 is 1.50 bits per heavy atom. The Balaban J connectivity index is 2.29. The van der Waals surface area contributed by atoms with Crippen molar-refractivity contribution < 1.29 is 4.79 Å². The van der Waals surface area contributed by atoms with E-state index in [0.29, 0.717) is 0 Å². The van der Waals surface area contributed by atoms with Crippen LogP contribution in [0.5, 0.6) is 0 Å². The highest BCUT2D eigenvalue weighted by Crippen LogP contribution is 2.03. The van der Waals surface area contributed by atoms with Crippen molar-refractivity contribution >= 4 is 12.4 Å². The van der Waals surface area contributed by atoms with Gasteiger partial charge in [0.2, 0.25) is 0 Å². The summed E-state index contributed by atoms with van der Waals surface area (Å²) in [6.07, 6.45) is 3.89. The fourth-order valence-corrected chi connectivity index (χ4v) is 0.996. The second-order valence-electron chi connectivity index (χ2n) is 2.33. The average Bonchev–Trinajstić information content (AvgIpc) is 2.34. The summed E-state index contributed by atoms with van der Waals surface area (Å²) < 4.78 is 0. The molecule has 1 saturated heterocycles. The number of primary amides is 1. The molecule has 2 N–H and O–H groups in total. The predicted molar refractivity (Wildman–Crippen MR) is 38.9 cm³/mol. The SMILES string of the molecule is NC(=O)/N=C/N1CCCC1. The number of amides is 2. The Bertz CT molecular complexity index is 149. The van der Waals surface area contributed by atoms with Crippen molar-refractivity contribution in [2.45, 2.75) is 12.8 Å². The van der Waals surface area contributed by atoms with E-state index in [2.05, 4.69) is 4.99 Å². The minimum Gasteiger partial charge on any atom is -0.362 e. The van der Waals surface area contributed by atoms with Gasteiger partial charge < -0.3 is 10.6 Å². The number of aliphatic imine (C=N–C) groups is 1. The van der Waals surface area contributed by atoms with E-state index in [4.69, 9.17) is 5.73 Å². The van der Waals surface area contributed by atoms with Gasteiger partial charge in [-0.05, 0) is 12.8 Å². The lowest BCUT2D eigenvalue weighted by Crippen LogP contribution is -2.18. The van der Waals surface area contributed by atoms with Crippen LogP contribution in [0.15, 0.2) is 4.99 Å². The molecule has 1 aliphatic heterocycles. The van der Waals surface area contributed by atoms with Crippen LogP contribution >= 0.6 is 0 Å². The van der Waals surface area contributed by atoms with Gasteiger partial charge in [-0.25, -0.2) is 4.79 Å². The number of likely N-dealkylation sites (tertiary alicyclic amines) is 1. The molecule has 1 aliphatic rings. The van der Waals surface area contributed by atoms with Crippen LogP contribution in [0.2, 0.25) is 0 Å². The number of hydrogen-bond donors (Lipinski definition) is 1. The Labute approximate surface area is 59.7 Å². The molecule has 2 amide bonds. The summed E-state index contributed by atoms with van der Waals surface area (Å²) in [7, 11) is 0. The number of nitrogens with two attached hydrogens (primary N) is 1. The van der Waals surface area contributed by atoms with E-state index in [1.54, 1.807) is 0 Å². The van der Waals surface area contributed by atoms with Crippen molar-refractivity contribution in [1.29, 1.82) is 0 Å². The molecule has 0 radical (unpaired) electrons. The molecule has 0 aromatic carbocycles. The monoisotopic (exact) mass is 141 g/mol. The van der Waals surface area contributed by atoms with Gasteiger partial charge in [0.05, 0.1) is 6.34 Å². The molecular weight excluding hydrogens is 130 g/mol. The Morgan fingerprint density at radius 3 is 2.60 bits per heavy atom. The van der Waals surface area contributed by atoms with Gasteiger partial charge in [0.1, 0.15) is 0 Å². The fourth-order valence-electron chi connectivity index (χ4n) is 0.996. The smallest absolute Gasteiger partial charge is 0.339 e. The van der Waals surface area contributed by atoms with Crippen LogP contribution in [-0.2, 0) is 0 Å². The molecule has 4 nitrogen and oxygen atoms in total. The Morgan fingerprint density at radius 2 is 2.10 bits per heavy atom. The van der Waals surface area contributed by atoms with Gasteiger partial charge in [-0.15, -0.1) is 0 Å². The third kappa shape index (κ3) is 2.05. The van der Waals surface area contributed by atoms with Gasteiger partial charge in [-0.2, -0.15) is 4.99 Å². The third-order valence-electron chi connectivity index (χ3n) is 1.49. The van der Waals surface area contributed by atoms with Crippen molar-refractivity contribution in [1.82, 2.24) is 4.90 Å². The molecular formula is C6H11N3O. The van der Waals surface area contributed by atoms with Crippen LogP contribution in [0.4, 0.5) is 4.79 Å². The molecule has 10 heavy (non-hydrogen) atoms. The highest BCUT2D eigenvalue weighted by atomic mass is 16.2. The van der Waals surface area contributed by atoms with Gasteiger partial charge >= 0.3 is 6.03 Å². The fraction of sp³-hybridized carbons (Fsp3) is 0.667. The third-order valence-corrected chi connectivity index (χ3v) is 1.49. The Hall–Kier alpha value is -1.06. The lowest BCUT2D eigenvalue weighted by Gasteiger charge is -2.07. The standard InChI is InChI=1S/C6H11N3O/c7-6(10)8-5-9-3-1-2-4-9/h5H,1-4H2,(H2,7,10)/b8-5+. The van der Waals surface area contributed by atoms with Crippen molar-refractivity contribution in [3.8, 4) is 0 Å². The van der Waals surface area contributed by atoms with E-state index in [-0.39, 0.29) is 0 Å². The summed E-state index contributed by atoms with van der Waals surface area (Å²) in [5.74, 6) is 0. The van der Waals surface area contributed by atoms with Crippen molar-refractivity contribution in [3.05, 3.63) is 0 Å². The maximum atomic E-state index is 10.2. The zero-order valence-corrected chi connectivity index (χ0v) is 5.79. The molecule has 0 unspecified atom stereocenters. The van der Waals surface area contributed by atoms with Gasteiger partial charge in [0.25, 0.3) is 0 Å². The minimum atomic E-state index is -0.619. The second-order valence-corrected chi connectivity index (χ2v) is 2.33. The van der Waals surface area contributed by atoms with Crippen LogP contribution in [0, 0.1) is 0 Å². The molecule has 1 fully saturated rings. The topological polar surface area (TPSA) is 58.7 Å². The summed E-state index contributed by atoms with van der Waals surface area (Å²) in [4.78, 5) is 15.6. The summed E-state index contributed by atoms with van der Waals surface area (Å²) in [6.45, 7) is 1.99. The largest absolute Gasteiger partial charge is 0.362 e. The molecule has 0 aromatic heterocycles. The number of rotatable bonds is 1. The Kier molecular flexibility index (Phi) is 2.25. The average molecular weight is 141 g/mol. The van der Waals surface area contributed by atoms with E-state index >= 15 is 0 Å². The molecule has 0 aromatic rings. The van der Waals surface area contributed by atoms with Gasteiger partial charge in [-0.3, -0.25) is 0 Å². The zero-order valence-electron chi connectivity index (χ0n) is 5.79. The van der Waals surface area contributed by atoms with Gasteiger partial charge in [-0.1, -0.05) is 0 Å². The van der Waals surface area contributed by atoms with Crippen LogP contribution in [0.25, 0.3) is 0 Å². The number of carbonyl (C=O) groups excluding carboxylic acids is 1. The first-order chi connectivity index (χ1) is 4.79. The van der Waals surface area contributed by atoms with Crippen LogP contribution in [-0.4, -0.2) is 30.4 Å². The van der Waals surface area contributed by atoms with Gasteiger partial charge in [0, 0.05) is 13.1 Å². The summed E-state index contributed by atoms with van der Waals surface area (Å²) in [5.41, 5.74) is 4.81. The number of carbonyl (C=O) groups is 1. The maximum absolute atomic E-state index is 10.2. The highest BCUT2D eigenvalue weighted by Gasteiger charge is 2.06. The number of hydrogen-bond acceptors (Lipinski definition) is 1. The first kappa shape index (κ1) is 7.05. The molecule has 0 bridgehead atoms. The van der Waals surface area contributed by atoms with E-state index in [9.17, 15) is 4.79 Å². The van der Waals surface area contributed by atoms with E-state index < -0.39 is 6.03 Å². The maximum Gasteiger partial charge on any atom is 0.339 e. The summed E-state index contributed by atoms with van der Waals surface area (Å²) in [6, 6.07) is -0.619. The van der Waals surface area contributed by atoms with Gasteiger partial charge in [0.15, 0.2) is 0 Å². The summed E-state index contributed by atoms with van der Waals surface area (Å²) in [5, 5.41) is 0. The van der Waals surface area contributed by atoms with Crippen molar-refractivity contribution in [2.75, 3.05) is 13.1 Å². The first-order valence-electron chi connectivity index (χ1n) is 3.37. The van der Waals surface area contributed by atoms with Crippen LogP contribution < -0.4 is 5.73 Å². The quantitative estimate of drug-likeness (QED) is 0.418. The normalized spacial score (nSPS) is 18.6. The van der Waals surface area contributed by atoms with E-state index in [0.717, 1.165) is 13.1 Å². The predicted octanol–water partition coefficient (Wildman–Crippen LogP) is 0.189. The lowest BCUT2D eigenvalue weighted by atomic mass is 10.4. The molecule has 0 atom stereocenters. The van der Waals surface area contributed by atoms with E-state index in [1.807, 2.05) is 4.90 Å². The molecule has 1 heterocycles. The highest BCUT2D eigenvalue weighted by molar-refractivity contribution is 5.81. The van der Waals surface area contributed by atoms with Crippen molar-refractivity contribution in [2.24, 2.45) is 10.7 Å². The number of nitrogens with zero attached hydrogens (tertiary/aromatic N) is 2. The molecule has 0 saturated carbocycles. The van der Waals surface area contributed by atoms with Crippen molar-refractivity contribution in [3.63, 3.8) is 0 Å². The molecule has 0 aliphatic carbocycles. The lowest BCUT2D eigenvalue weighted by molar-refractivity contribution is 0.256. The van der Waals surface area contributed by atoms with Crippen LogP contribution in [0.3, 0.4) is 0 Å².